The molecule has 0 aromatic heterocycles. The van der Waals surface area contributed by atoms with Crippen LogP contribution in [0.3, 0.4) is 0 Å². The van der Waals surface area contributed by atoms with Gasteiger partial charge in [0.1, 0.15) is 24.2 Å². The van der Waals surface area contributed by atoms with Crippen molar-refractivity contribution in [1.29, 1.82) is 0 Å². The first-order valence-electron chi connectivity index (χ1n) is 8.84. The van der Waals surface area contributed by atoms with Gasteiger partial charge in [-0.05, 0) is 25.8 Å². The van der Waals surface area contributed by atoms with E-state index in [2.05, 4.69) is 11.3 Å². The van der Waals surface area contributed by atoms with Crippen molar-refractivity contribution in [3.63, 3.8) is 0 Å². The molecule has 1 saturated carbocycles. The second kappa shape index (κ2) is 8.15. The third kappa shape index (κ3) is 3.60. The third-order valence-electron chi connectivity index (χ3n) is 4.91. The van der Waals surface area contributed by atoms with Crippen molar-refractivity contribution in [3.8, 4) is 18.1 Å². The highest BCUT2D eigenvalue weighted by Gasteiger charge is 2.48. The van der Waals surface area contributed by atoms with Gasteiger partial charge in [-0.1, -0.05) is 30.4 Å². The normalized spacial score (nSPS) is 24.7. The standard InChI is InChI=1S/C19H22ClFN2O3/c1-3-9-26-17-11-16(14(21)10-13(17)20)23-18(19(24)25-4-2)12-7-5-6-8-15(12)22-23/h1,10-12,15,18,22H,4-9H2,2H3. The molecule has 0 radical (unpaired) electrons. The number of ether oxygens (including phenoxy) is 2. The number of nitrogens with zero attached hydrogens (tertiary/aromatic N) is 1. The molecular weight excluding hydrogens is 359 g/mol. The summed E-state index contributed by atoms with van der Waals surface area (Å²) in [7, 11) is 0. The highest BCUT2D eigenvalue weighted by atomic mass is 35.5. The molecule has 0 bridgehead atoms. The molecule has 0 spiro atoms. The minimum absolute atomic E-state index is 0.0186. The van der Waals surface area contributed by atoms with Gasteiger partial charge in [-0.25, -0.2) is 14.6 Å². The summed E-state index contributed by atoms with van der Waals surface area (Å²) >= 11 is 6.05. The number of terminal acetylenes is 1. The Balaban J connectivity index is 1.97. The Bertz CT molecular complexity index is 721. The lowest BCUT2D eigenvalue weighted by atomic mass is 9.81. The van der Waals surface area contributed by atoms with Crippen LogP contribution >= 0.6 is 11.6 Å². The molecule has 1 aliphatic heterocycles. The lowest BCUT2D eigenvalue weighted by Crippen LogP contribution is -2.45. The van der Waals surface area contributed by atoms with Crippen LogP contribution in [0.2, 0.25) is 5.02 Å². The van der Waals surface area contributed by atoms with Crippen LogP contribution in [0.5, 0.6) is 5.75 Å². The Morgan fingerprint density at radius 2 is 2.23 bits per heavy atom. The second-order valence-corrected chi connectivity index (χ2v) is 6.88. The van der Waals surface area contributed by atoms with E-state index in [4.69, 9.17) is 27.5 Å². The lowest BCUT2D eigenvalue weighted by Gasteiger charge is -2.28. The van der Waals surface area contributed by atoms with E-state index < -0.39 is 11.9 Å². The maximum atomic E-state index is 14.7. The van der Waals surface area contributed by atoms with Gasteiger partial charge in [0.25, 0.3) is 0 Å². The van der Waals surface area contributed by atoms with Crippen molar-refractivity contribution >= 4 is 23.3 Å². The third-order valence-corrected chi connectivity index (χ3v) is 5.20. The highest BCUT2D eigenvalue weighted by molar-refractivity contribution is 6.32. The van der Waals surface area contributed by atoms with Crippen LogP contribution < -0.4 is 15.2 Å². The number of esters is 1. The molecule has 3 rings (SSSR count). The molecule has 2 aliphatic rings. The minimum Gasteiger partial charge on any atom is -0.479 e. The average Bonchev–Trinajstić information content (AvgIpc) is 3.00. The fourth-order valence-corrected chi connectivity index (χ4v) is 4.01. The molecule has 1 heterocycles. The summed E-state index contributed by atoms with van der Waals surface area (Å²) in [5.41, 5.74) is 3.50. The van der Waals surface area contributed by atoms with Gasteiger partial charge in [-0.3, -0.25) is 5.01 Å². The molecule has 1 aromatic rings. The number of hydrogen-bond donors (Lipinski definition) is 1. The van der Waals surface area contributed by atoms with Gasteiger partial charge in [0.15, 0.2) is 0 Å². The Kier molecular flexibility index (Phi) is 5.90. The Morgan fingerprint density at radius 1 is 1.46 bits per heavy atom. The summed E-state index contributed by atoms with van der Waals surface area (Å²) in [6.07, 6.45) is 9.18. The summed E-state index contributed by atoms with van der Waals surface area (Å²) in [6, 6.07) is 2.18. The molecule has 7 heteroatoms. The number of hydrogen-bond acceptors (Lipinski definition) is 5. The van der Waals surface area contributed by atoms with Crippen molar-refractivity contribution in [3.05, 3.63) is 23.0 Å². The zero-order chi connectivity index (χ0) is 18.7. The van der Waals surface area contributed by atoms with E-state index in [0.29, 0.717) is 0 Å². The first-order chi connectivity index (χ1) is 12.6. The zero-order valence-electron chi connectivity index (χ0n) is 14.6. The Hall–Kier alpha value is -1.97. The molecule has 3 atom stereocenters. The molecule has 2 fully saturated rings. The number of hydrazine groups is 1. The van der Waals surface area contributed by atoms with Crippen molar-refractivity contribution < 1.29 is 18.7 Å². The number of halogens is 2. The number of nitrogens with one attached hydrogen (secondary N) is 1. The summed E-state index contributed by atoms with van der Waals surface area (Å²) in [4.78, 5) is 12.6. The summed E-state index contributed by atoms with van der Waals surface area (Å²) in [5, 5.41) is 1.71. The van der Waals surface area contributed by atoms with E-state index in [1.807, 2.05) is 0 Å². The first-order valence-corrected chi connectivity index (χ1v) is 9.22. The SMILES string of the molecule is C#CCOc1cc(N2NC3CCCCC3C2C(=O)OCC)c(F)cc1Cl. The summed E-state index contributed by atoms with van der Waals surface area (Å²) < 4.78 is 25.3. The second-order valence-electron chi connectivity index (χ2n) is 6.48. The molecule has 5 nitrogen and oxygen atoms in total. The number of anilines is 1. The van der Waals surface area contributed by atoms with E-state index >= 15 is 0 Å². The smallest absolute Gasteiger partial charge is 0.330 e. The topological polar surface area (TPSA) is 50.8 Å². The van der Waals surface area contributed by atoms with E-state index in [-0.39, 0.29) is 47.6 Å². The van der Waals surface area contributed by atoms with E-state index in [1.165, 1.54) is 12.1 Å². The molecule has 0 amide bonds. The van der Waals surface area contributed by atoms with E-state index in [0.717, 1.165) is 25.7 Å². The van der Waals surface area contributed by atoms with Gasteiger partial charge in [-0.15, -0.1) is 6.42 Å². The van der Waals surface area contributed by atoms with Crippen LogP contribution in [0.1, 0.15) is 32.6 Å². The predicted molar refractivity (Wildman–Crippen MR) is 97.5 cm³/mol. The van der Waals surface area contributed by atoms with Crippen LogP contribution in [-0.2, 0) is 9.53 Å². The van der Waals surface area contributed by atoms with Crippen molar-refractivity contribution in [2.24, 2.45) is 5.92 Å². The van der Waals surface area contributed by atoms with E-state index in [1.54, 1.807) is 11.9 Å². The molecule has 1 aromatic carbocycles. The van der Waals surface area contributed by atoms with E-state index in [9.17, 15) is 9.18 Å². The number of carbonyl (C=O) groups excluding carboxylic acids is 1. The van der Waals surface area contributed by atoms with Gasteiger partial charge < -0.3 is 9.47 Å². The molecular formula is C19H22ClFN2O3. The first kappa shape index (κ1) is 18.8. The molecule has 26 heavy (non-hydrogen) atoms. The fraction of sp³-hybridized carbons (Fsp3) is 0.526. The molecule has 1 N–H and O–H groups in total. The predicted octanol–water partition coefficient (Wildman–Crippen LogP) is 3.31. The monoisotopic (exact) mass is 380 g/mol. The van der Waals surface area contributed by atoms with Gasteiger partial charge in [0.2, 0.25) is 0 Å². The molecule has 1 saturated heterocycles. The number of fused-ring (bicyclic) bond motifs is 1. The minimum atomic E-state index is -0.587. The largest absolute Gasteiger partial charge is 0.479 e. The van der Waals surface area contributed by atoms with Crippen LogP contribution in [0.25, 0.3) is 0 Å². The van der Waals surface area contributed by atoms with Crippen molar-refractivity contribution in [2.75, 3.05) is 18.2 Å². The van der Waals surface area contributed by atoms with Crippen LogP contribution in [-0.4, -0.2) is 31.3 Å². The Morgan fingerprint density at radius 3 is 2.96 bits per heavy atom. The quantitative estimate of drug-likeness (QED) is 0.627. The van der Waals surface area contributed by atoms with Crippen LogP contribution in [0.4, 0.5) is 10.1 Å². The number of carbonyl (C=O) groups is 1. The molecule has 3 unspecified atom stereocenters. The van der Waals surface area contributed by atoms with Gasteiger partial charge in [-0.2, -0.15) is 0 Å². The Labute approximate surface area is 157 Å². The number of rotatable bonds is 5. The molecule has 1 aliphatic carbocycles. The number of benzene rings is 1. The lowest BCUT2D eigenvalue weighted by molar-refractivity contribution is -0.145. The maximum Gasteiger partial charge on any atom is 0.330 e. The van der Waals surface area contributed by atoms with Crippen LogP contribution in [0, 0.1) is 24.1 Å². The molecule has 140 valence electrons. The maximum absolute atomic E-state index is 14.7. The highest BCUT2D eigenvalue weighted by Crippen LogP contribution is 2.40. The van der Waals surface area contributed by atoms with Gasteiger partial charge in [0.05, 0.1) is 17.3 Å². The average molecular weight is 381 g/mol. The summed E-state index contributed by atoms with van der Waals surface area (Å²) in [6.45, 7) is 2.06. The fourth-order valence-electron chi connectivity index (χ4n) is 3.81. The van der Waals surface area contributed by atoms with Gasteiger partial charge >= 0.3 is 5.97 Å². The van der Waals surface area contributed by atoms with Crippen molar-refractivity contribution in [2.45, 2.75) is 44.7 Å². The zero-order valence-corrected chi connectivity index (χ0v) is 15.4. The van der Waals surface area contributed by atoms with Crippen LogP contribution in [0.15, 0.2) is 12.1 Å². The van der Waals surface area contributed by atoms with Crippen molar-refractivity contribution in [1.82, 2.24) is 5.43 Å². The van der Waals surface area contributed by atoms with Gasteiger partial charge in [0, 0.05) is 18.0 Å². The summed E-state index contributed by atoms with van der Waals surface area (Å²) in [5.74, 6) is 1.82.